The molecule has 9 heteroatoms. The fourth-order valence-corrected chi connectivity index (χ4v) is 1.92. The molecule has 0 bridgehead atoms. The Kier molecular flexibility index (Phi) is 2.75. The van der Waals surface area contributed by atoms with Crippen LogP contribution in [-0.2, 0) is 0 Å². The quantitative estimate of drug-likeness (QED) is 0.676. The van der Waals surface area contributed by atoms with Crippen molar-refractivity contribution in [2.75, 3.05) is 12.0 Å². The summed E-state index contributed by atoms with van der Waals surface area (Å²) in [5.41, 5.74) is 7.37. The van der Waals surface area contributed by atoms with Crippen molar-refractivity contribution < 1.29 is 0 Å². The Labute approximate surface area is 112 Å². The molecular formula is C10H10N8S. The van der Waals surface area contributed by atoms with Gasteiger partial charge < -0.3 is 5.73 Å². The van der Waals surface area contributed by atoms with Crippen molar-refractivity contribution >= 4 is 23.5 Å². The molecule has 0 aliphatic carbocycles. The number of hydrogen-bond acceptors (Lipinski definition) is 8. The maximum atomic E-state index is 5.81. The molecule has 3 aromatic rings. The summed E-state index contributed by atoms with van der Waals surface area (Å²) in [6.45, 7) is 1.92. The van der Waals surface area contributed by atoms with E-state index in [0.29, 0.717) is 22.5 Å². The second kappa shape index (κ2) is 4.43. The minimum absolute atomic E-state index is 0.244. The summed E-state index contributed by atoms with van der Waals surface area (Å²) in [7, 11) is 0. The fourth-order valence-electron chi connectivity index (χ4n) is 1.56. The van der Waals surface area contributed by atoms with E-state index in [-0.39, 0.29) is 5.95 Å². The molecule has 0 fully saturated rings. The highest BCUT2D eigenvalue weighted by Crippen LogP contribution is 2.16. The molecule has 0 unspecified atom stereocenters. The smallest absolute Gasteiger partial charge is 0.258 e. The van der Waals surface area contributed by atoms with Crippen molar-refractivity contribution in [3.63, 3.8) is 0 Å². The highest BCUT2D eigenvalue weighted by molar-refractivity contribution is 7.98. The van der Waals surface area contributed by atoms with Gasteiger partial charge in [-0.3, -0.25) is 0 Å². The lowest BCUT2D eigenvalue weighted by molar-refractivity contribution is 0.849. The van der Waals surface area contributed by atoms with Gasteiger partial charge in [0.25, 0.3) is 5.78 Å². The SMILES string of the molecule is CSc1nc(N)n2nc(-c3cc(C)cnn3)nc2n1. The molecule has 3 aromatic heterocycles. The molecule has 0 aliphatic heterocycles. The summed E-state index contributed by atoms with van der Waals surface area (Å²) in [4.78, 5) is 12.6. The van der Waals surface area contributed by atoms with Gasteiger partial charge in [0, 0.05) is 0 Å². The molecule has 8 nitrogen and oxygen atoms in total. The standard InChI is InChI=1S/C10H10N8S/c1-5-3-6(16-12-4-5)7-13-9-15-10(19-2)14-8(11)18(9)17-7/h3-4H,1-2H3,(H2,11,13,14,15,17). The van der Waals surface area contributed by atoms with E-state index < -0.39 is 0 Å². The Morgan fingerprint density at radius 3 is 2.84 bits per heavy atom. The average molecular weight is 274 g/mol. The maximum absolute atomic E-state index is 5.81. The second-order valence-electron chi connectivity index (χ2n) is 3.83. The van der Waals surface area contributed by atoms with Gasteiger partial charge in [0.1, 0.15) is 5.69 Å². The van der Waals surface area contributed by atoms with Crippen molar-refractivity contribution in [1.29, 1.82) is 0 Å². The van der Waals surface area contributed by atoms with E-state index in [0.717, 1.165) is 5.56 Å². The summed E-state index contributed by atoms with van der Waals surface area (Å²) >= 11 is 1.39. The average Bonchev–Trinajstić information content (AvgIpc) is 2.83. The molecule has 0 saturated heterocycles. The van der Waals surface area contributed by atoms with E-state index in [1.54, 1.807) is 6.20 Å². The molecule has 0 spiro atoms. The lowest BCUT2D eigenvalue weighted by atomic mass is 10.3. The zero-order valence-electron chi connectivity index (χ0n) is 10.3. The van der Waals surface area contributed by atoms with Gasteiger partial charge in [0.05, 0.1) is 6.20 Å². The van der Waals surface area contributed by atoms with Gasteiger partial charge in [-0.2, -0.15) is 24.6 Å². The van der Waals surface area contributed by atoms with Gasteiger partial charge in [0.15, 0.2) is 5.16 Å². The predicted molar refractivity (Wildman–Crippen MR) is 70.5 cm³/mol. The van der Waals surface area contributed by atoms with E-state index >= 15 is 0 Å². The third kappa shape index (κ3) is 2.08. The number of aromatic nitrogens is 7. The molecule has 0 saturated carbocycles. The van der Waals surface area contributed by atoms with Gasteiger partial charge in [-0.25, -0.2) is 0 Å². The third-order valence-corrected chi connectivity index (χ3v) is 2.96. The largest absolute Gasteiger partial charge is 0.368 e. The molecule has 2 N–H and O–H groups in total. The summed E-state index contributed by atoms with van der Waals surface area (Å²) < 4.78 is 1.39. The van der Waals surface area contributed by atoms with Crippen molar-refractivity contribution in [3.05, 3.63) is 17.8 Å². The van der Waals surface area contributed by atoms with E-state index in [1.807, 2.05) is 19.2 Å². The van der Waals surface area contributed by atoms with E-state index in [4.69, 9.17) is 5.73 Å². The van der Waals surface area contributed by atoms with Crippen molar-refractivity contribution in [1.82, 2.24) is 34.8 Å². The molecule has 0 aromatic carbocycles. The van der Waals surface area contributed by atoms with Crippen LogP contribution in [0, 0.1) is 6.92 Å². The van der Waals surface area contributed by atoms with Crippen LogP contribution >= 0.6 is 11.8 Å². The number of thioether (sulfide) groups is 1. The lowest BCUT2D eigenvalue weighted by Gasteiger charge is -1.97. The van der Waals surface area contributed by atoms with Crippen LogP contribution in [0.2, 0.25) is 0 Å². The van der Waals surface area contributed by atoms with Crippen LogP contribution in [-0.4, -0.2) is 41.0 Å². The molecule has 0 aliphatic rings. The summed E-state index contributed by atoms with van der Waals surface area (Å²) in [5, 5.41) is 12.7. The van der Waals surface area contributed by atoms with Crippen molar-refractivity contribution in [2.45, 2.75) is 12.1 Å². The first-order valence-corrected chi connectivity index (χ1v) is 6.64. The molecule has 0 radical (unpaired) electrons. The number of anilines is 1. The van der Waals surface area contributed by atoms with Crippen LogP contribution in [0.5, 0.6) is 0 Å². The highest BCUT2D eigenvalue weighted by atomic mass is 32.2. The Bertz CT molecular complexity index is 752. The predicted octanol–water partition coefficient (Wildman–Crippen LogP) is 0.589. The summed E-state index contributed by atoms with van der Waals surface area (Å²) in [6, 6.07) is 1.85. The monoisotopic (exact) mass is 274 g/mol. The number of nitrogens with two attached hydrogens (primary N) is 1. The molecule has 19 heavy (non-hydrogen) atoms. The molecule has 96 valence electrons. The maximum Gasteiger partial charge on any atom is 0.258 e. The summed E-state index contributed by atoms with van der Waals surface area (Å²) in [5.74, 6) is 1.07. The zero-order valence-corrected chi connectivity index (χ0v) is 11.1. The van der Waals surface area contributed by atoms with Gasteiger partial charge in [-0.05, 0) is 24.8 Å². The molecular weight excluding hydrogens is 264 g/mol. The number of aryl methyl sites for hydroxylation is 1. The van der Waals surface area contributed by atoms with Crippen LogP contribution in [0.15, 0.2) is 17.4 Å². The Hall–Kier alpha value is -2.29. The minimum atomic E-state index is 0.244. The molecule has 0 atom stereocenters. The van der Waals surface area contributed by atoms with Crippen LogP contribution in [0.1, 0.15) is 5.56 Å². The number of rotatable bonds is 2. The number of nitrogen functional groups attached to an aromatic ring is 1. The lowest BCUT2D eigenvalue weighted by Crippen LogP contribution is -2.04. The van der Waals surface area contributed by atoms with E-state index in [1.165, 1.54) is 16.3 Å². The van der Waals surface area contributed by atoms with Gasteiger partial charge >= 0.3 is 0 Å². The first-order chi connectivity index (χ1) is 9.17. The van der Waals surface area contributed by atoms with Crippen LogP contribution in [0.4, 0.5) is 5.95 Å². The number of hydrogen-bond donors (Lipinski definition) is 1. The molecule has 3 rings (SSSR count). The van der Waals surface area contributed by atoms with E-state index in [9.17, 15) is 0 Å². The van der Waals surface area contributed by atoms with Crippen molar-refractivity contribution in [2.24, 2.45) is 0 Å². The van der Waals surface area contributed by atoms with E-state index in [2.05, 4.69) is 30.2 Å². The van der Waals surface area contributed by atoms with Gasteiger partial charge in [0.2, 0.25) is 11.8 Å². The topological polar surface area (TPSA) is 108 Å². The Morgan fingerprint density at radius 2 is 2.11 bits per heavy atom. The van der Waals surface area contributed by atoms with Crippen molar-refractivity contribution in [3.8, 4) is 11.5 Å². The van der Waals surface area contributed by atoms with Gasteiger partial charge in [-0.15, -0.1) is 10.2 Å². The summed E-state index contributed by atoms with van der Waals surface area (Å²) in [6.07, 6.45) is 3.54. The number of fused-ring (bicyclic) bond motifs is 1. The zero-order chi connectivity index (χ0) is 13.4. The minimum Gasteiger partial charge on any atom is -0.368 e. The normalized spacial score (nSPS) is 11.1. The highest BCUT2D eigenvalue weighted by Gasteiger charge is 2.13. The number of nitrogens with zero attached hydrogens (tertiary/aromatic N) is 7. The Morgan fingerprint density at radius 1 is 1.26 bits per heavy atom. The molecule has 0 amide bonds. The molecule has 3 heterocycles. The third-order valence-electron chi connectivity index (χ3n) is 2.42. The first kappa shape index (κ1) is 11.8. The fraction of sp³-hybridized carbons (Fsp3) is 0.200. The van der Waals surface area contributed by atoms with Gasteiger partial charge in [-0.1, -0.05) is 11.8 Å². The van der Waals surface area contributed by atoms with Crippen LogP contribution in [0.25, 0.3) is 17.3 Å². The second-order valence-corrected chi connectivity index (χ2v) is 4.61. The van der Waals surface area contributed by atoms with Crippen LogP contribution < -0.4 is 5.73 Å². The first-order valence-electron chi connectivity index (χ1n) is 5.41. The Balaban J connectivity index is 2.19. The van der Waals surface area contributed by atoms with Crippen LogP contribution in [0.3, 0.4) is 0 Å².